The monoisotopic (exact) mass is 299 g/mol. The normalized spacial score (nSPS) is 11.3. The van der Waals surface area contributed by atoms with Gasteiger partial charge in [-0.3, -0.25) is 14.3 Å². The van der Waals surface area contributed by atoms with Crippen LogP contribution in [0.2, 0.25) is 0 Å². The summed E-state index contributed by atoms with van der Waals surface area (Å²) in [4.78, 5) is 24.1. The molecule has 22 heavy (non-hydrogen) atoms. The second-order valence-corrected chi connectivity index (χ2v) is 6.34. The summed E-state index contributed by atoms with van der Waals surface area (Å²) in [6.07, 6.45) is 0. The van der Waals surface area contributed by atoms with Crippen LogP contribution in [0, 0.1) is 0 Å². The summed E-state index contributed by atoms with van der Waals surface area (Å²) >= 11 is 0. The van der Waals surface area contributed by atoms with E-state index in [4.69, 9.17) is 0 Å². The smallest absolute Gasteiger partial charge is 0.273 e. The van der Waals surface area contributed by atoms with Gasteiger partial charge in [-0.15, -0.1) is 0 Å². The summed E-state index contributed by atoms with van der Waals surface area (Å²) in [6.45, 7) is 7.61. The van der Waals surface area contributed by atoms with Crippen molar-refractivity contribution in [2.75, 3.05) is 5.32 Å². The molecule has 1 aromatic carbocycles. The number of para-hydroxylation sites is 1. The van der Waals surface area contributed by atoms with Gasteiger partial charge in [0.15, 0.2) is 5.78 Å². The number of hydrogen-bond donors (Lipinski definition) is 1. The fraction of sp³-hybridized carbons (Fsp3) is 0.353. The highest BCUT2D eigenvalue weighted by molar-refractivity contribution is 6.08. The van der Waals surface area contributed by atoms with Gasteiger partial charge >= 0.3 is 0 Å². The second-order valence-electron chi connectivity index (χ2n) is 6.34. The maximum atomic E-state index is 12.5. The van der Waals surface area contributed by atoms with Crippen molar-refractivity contribution < 1.29 is 9.59 Å². The van der Waals surface area contributed by atoms with Crippen LogP contribution >= 0.6 is 0 Å². The number of amides is 1. The molecule has 0 aliphatic heterocycles. The van der Waals surface area contributed by atoms with Gasteiger partial charge in [0.1, 0.15) is 5.69 Å². The van der Waals surface area contributed by atoms with E-state index in [2.05, 4.69) is 10.4 Å². The third kappa shape index (κ3) is 3.24. The summed E-state index contributed by atoms with van der Waals surface area (Å²) in [5, 5.41) is 7.18. The van der Waals surface area contributed by atoms with E-state index in [1.165, 1.54) is 6.92 Å². The van der Waals surface area contributed by atoms with E-state index in [1.54, 1.807) is 42.1 Å². The quantitative estimate of drug-likeness (QED) is 0.885. The number of hydrogen-bond acceptors (Lipinski definition) is 3. The van der Waals surface area contributed by atoms with Crippen molar-refractivity contribution in [3.05, 3.63) is 47.3 Å². The zero-order valence-electron chi connectivity index (χ0n) is 13.6. The second kappa shape index (κ2) is 5.75. The van der Waals surface area contributed by atoms with Crippen LogP contribution in [-0.2, 0) is 12.5 Å². The van der Waals surface area contributed by atoms with Gasteiger partial charge in [-0.2, -0.15) is 5.10 Å². The molecule has 1 aromatic heterocycles. The lowest BCUT2D eigenvalue weighted by molar-refractivity contribution is 0.101. The number of ketones is 1. The predicted molar refractivity (Wildman–Crippen MR) is 86.3 cm³/mol. The minimum Gasteiger partial charge on any atom is -0.320 e. The maximum absolute atomic E-state index is 12.5. The van der Waals surface area contributed by atoms with Gasteiger partial charge < -0.3 is 5.32 Å². The Balaban J connectivity index is 2.31. The molecule has 0 bridgehead atoms. The van der Waals surface area contributed by atoms with Crippen LogP contribution < -0.4 is 5.32 Å². The first-order valence-corrected chi connectivity index (χ1v) is 7.16. The van der Waals surface area contributed by atoms with Crippen LogP contribution in [0.3, 0.4) is 0 Å². The SMILES string of the molecule is CC(=O)c1ccccc1NC(=O)c1cc(C(C)(C)C)nn1C. The predicted octanol–water partition coefficient (Wildman–Crippen LogP) is 3.17. The molecular formula is C17H21N3O2. The van der Waals surface area contributed by atoms with Crippen molar-refractivity contribution in [2.45, 2.75) is 33.1 Å². The Kier molecular flexibility index (Phi) is 4.17. The molecule has 0 saturated heterocycles. The van der Waals surface area contributed by atoms with Gasteiger partial charge in [0.2, 0.25) is 0 Å². The largest absolute Gasteiger partial charge is 0.320 e. The first-order valence-electron chi connectivity index (χ1n) is 7.16. The Hall–Kier alpha value is -2.43. The van der Waals surface area contributed by atoms with Gasteiger partial charge in [-0.25, -0.2) is 0 Å². The minimum absolute atomic E-state index is 0.0868. The number of anilines is 1. The van der Waals surface area contributed by atoms with Crippen molar-refractivity contribution in [3.8, 4) is 0 Å². The fourth-order valence-corrected chi connectivity index (χ4v) is 2.13. The maximum Gasteiger partial charge on any atom is 0.273 e. The number of aromatic nitrogens is 2. The summed E-state index contributed by atoms with van der Waals surface area (Å²) in [5.74, 6) is -0.365. The van der Waals surface area contributed by atoms with E-state index in [0.717, 1.165) is 5.69 Å². The molecule has 0 aliphatic carbocycles. The van der Waals surface area contributed by atoms with E-state index in [9.17, 15) is 9.59 Å². The lowest BCUT2D eigenvalue weighted by Crippen LogP contribution is -2.17. The molecule has 1 heterocycles. The number of carbonyl (C=O) groups is 2. The summed E-state index contributed by atoms with van der Waals surface area (Å²) < 4.78 is 1.56. The van der Waals surface area contributed by atoms with E-state index < -0.39 is 0 Å². The van der Waals surface area contributed by atoms with E-state index >= 15 is 0 Å². The number of nitrogens with one attached hydrogen (secondary N) is 1. The standard InChI is InChI=1S/C17H21N3O2/c1-11(21)12-8-6-7-9-13(12)18-16(22)14-10-15(17(2,3)4)19-20(14)5/h6-10H,1-5H3,(H,18,22). The number of benzene rings is 1. The van der Waals surface area contributed by atoms with Gasteiger partial charge in [0.05, 0.1) is 11.4 Å². The minimum atomic E-state index is -0.279. The first-order chi connectivity index (χ1) is 10.2. The van der Waals surface area contributed by atoms with Crippen molar-refractivity contribution in [1.29, 1.82) is 0 Å². The van der Waals surface area contributed by atoms with Gasteiger partial charge in [-0.1, -0.05) is 32.9 Å². The molecule has 0 atom stereocenters. The van der Waals surface area contributed by atoms with Crippen LogP contribution in [0.5, 0.6) is 0 Å². The molecule has 1 N–H and O–H groups in total. The van der Waals surface area contributed by atoms with Crippen molar-refractivity contribution >= 4 is 17.4 Å². The van der Waals surface area contributed by atoms with E-state index in [0.29, 0.717) is 16.9 Å². The Morgan fingerprint density at radius 3 is 2.36 bits per heavy atom. The first kappa shape index (κ1) is 15.9. The third-order valence-electron chi connectivity index (χ3n) is 3.44. The average molecular weight is 299 g/mol. The molecule has 0 spiro atoms. The Morgan fingerprint density at radius 2 is 1.82 bits per heavy atom. The van der Waals surface area contributed by atoms with Crippen LogP contribution in [0.4, 0.5) is 5.69 Å². The summed E-state index contributed by atoms with van der Waals surface area (Å²) in [5.41, 5.74) is 2.18. The van der Waals surface area contributed by atoms with Gasteiger partial charge in [0, 0.05) is 18.0 Å². The lowest BCUT2D eigenvalue weighted by Gasteiger charge is -2.13. The van der Waals surface area contributed by atoms with Gasteiger partial charge in [-0.05, 0) is 25.1 Å². The number of carbonyl (C=O) groups excluding carboxylic acids is 2. The number of rotatable bonds is 3. The average Bonchev–Trinajstić information content (AvgIpc) is 2.81. The zero-order valence-corrected chi connectivity index (χ0v) is 13.6. The third-order valence-corrected chi connectivity index (χ3v) is 3.44. The highest BCUT2D eigenvalue weighted by atomic mass is 16.2. The fourth-order valence-electron chi connectivity index (χ4n) is 2.13. The molecular weight excluding hydrogens is 278 g/mol. The summed E-state index contributed by atoms with van der Waals surface area (Å²) in [7, 11) is 1.74. The molecule has 5 nitrogen and oxygen atoms in total. The topological polar surface area (TPSA) is 64.0 Å². The van der Waals surface area contributed by atoms with E-state index in [1.807, 2.05) is 20.8 Å². The molecule has 1 amide bonds. The van der Waals surface area contributed by atoms with Crippen LogP contribution in [0.15, 0.2) is 30.3 Å². The number of Topliss-reactive ketones (excluding diaryl/α,β-unsaturated/α-hetero) is 1. The zero-order chi connectivity index (χ0) is 16.5. The molecule has 0 unspecified atom stereocenters. The highest BCUT2D eigenvalue weighted by Gasteiger charge is 2.22. The van der Waals surface area contributed by atoms with Crippen molar-refractivity contribution in [3.63, 3.8) is 0 Å². The Morgan fingerprint density at radius 1 is 1.18 bits per heavy atom. The summed E-state index contributed by atoms with van der Waals surface area (Å²) in [6, 6.07) is 8.75. The van der Waals surface area contributed by atoms with Crippen molar-refractivity contribution in [1.82, 2.24) is 9.78 Å². The highest BCUT2D eigenvalue weighted by Crippen LogP contribution is 2.22. The van der Waals surface area contributed by atoms with E-state index in [-0.39, 0.29) is 17.1 Å². The molecule has 0 saturated carbocycles. The van der Waals surface area contributed by atoms with Gasteiger partial charge in [0.25, 0.3) is 5.91 Å². The van der Waals surface area contributed by atoms with Crippen LogP contribution in [-0.4, -0.2) is 21.5 Å². The molecule has 2 rings (SSSR count). The number of aryl methyl sites for hydroxylation is 1. The number of nitrogens with zero attached hydrogens (tertiary/aromatic N) is 2. The molecule has 0 fully saturated rings. The van der Waals surface area contributed by atoms with Crippen molar-refractivity contribution in [2.24, 2.45) is 7.05 Å². The lowest BCUT2D eigenvalue weighted by atomic mass is 9.92. The molecule has 2 aromatic rings. The molecule has 0 aliphatic rings. The molecule has 5 heteroatoms. The molecule has 0 radical (unpaired) electrons. The Bertz CT molecular complexity index is 724. The van der Waals surface area contributed by atoms with Crippen LogP contribution in [0.1, 0.15) is 54.2 Å². The molecule has 116 valence electrons. The Labute approximate surface area is 130 Å². The van der Waals surface area contributed by atoms with Crippen LogP contribution in [0.25, 0.3) is 0 Å².